The van der Waals surface area contributed by atoms with Crippen molar-refractivity contribution in [1.82, 2.24) is 0 Å². The summed E-state index contributed by atoms with van der Waals surface area (Å²) in [5.74, 6) is -0.266. The molecule has 0 saturated heterocycles. The van der Waals surface area contributed by atoms with Gasteiger partial charge in [-0.15, -0.1) is 0 Å². The first kappa shape index (κ1) is 14.2. The number of halogens is 3. The molecule has 4 heteroatoms. The van der Waals surface area contributed by atoms with Crippen molar-refractivity contribution < 1.29 is 4.39 Å². The Labute approximate surface area is 122 Å². The van der Waals surface area contributed by atoms with Crippen LogP contribution in [0.4, 0.5) is 10.1 Å². The maximum atomic E-state index is 13.3. The fourth-order valence-electron chi connectivity index (χ4n) is 1.92. The number of hydrogen-bond donors (Lipinski definition) is 1. The number of benzene rings is 2. The van der Waals surface area contributed by atoms with E-state index < -0.39 is 0 Å². The van der Waals surface area contributed by atoms with Crippen molar-refractivity contribution in [3.05, 3.63) is 63.4 Å². The first-order valence-electron chi connectivity index (χ1n) is 5.95. The van der Waals surface area contributed by atoms with Gasteiger partial charge in [-0.3, -0.25) is 0 Å². The smallest absolute Gasteiger partial charge is 0.125 e. The molecule has 0 heterocycles. The number of nitrogens with one attached hydrogen (secondary N) is 1. The van der Waals surface area contributed by atoms with Crippen LogP contribution in [0.15, 0.2) is 36.4 Å². The van der Waals surface area contributed by atoms with Crippen LogP contribution in [-0.2, 0) is 0 Å². The van der Waals surface area contributed by atoms with Gasteiger partial charge in [-0.25, -0.2) is 4.39 Å². The van der Waals surface area contributed by atoms with E-state index in [0.717, 1.165) is 16.8 Å². The first-order valence-corrected chi connectivity index (χ1v) is 6.71. The van der Waals surface area contributed by atoms with Crippen LogP contribution in [0.3, 0.4) is 0 Å². The fourth-order valence-corrected chi connectivity index (χ4v) is 2.39. The van der Waals surface area contributed by atoms with E-state index in [2.05, 4.69) is 5.32 Å². The summed E-state index contributed by atoms with van der Waals surface area (Å²) in [6, 6.07) is 10.1. The summed E-state index contributed by atoms with van der Waals surface area (Å²) in [6.07, 6.45) is 0. The quantitative estimate of drug-likeness (QED) is 0.776. The van der Waals surface area contributed by atoms with E-state index in [0.29, 0.717) is 10.0 Å². The lowest BCUT2D eigenvalue weighted by molar-refractivity contribution is 0.627. The highest BCUT2D eigenvalue weighted by Gasteiger charge is 2.12. The topological polar surface area (TPSA) is 12.0 Å². The minimum Gasteiger partial charge on any atom is -0.378 e. The van der Waals surface area contributed by atoms with E-state index in [-0.39, 0.29) is 11.9 Å². The Kier molecular flexibility index (Phi) is 4.33. The van der Waals surface area contributed by atoms with Gasteiger partial charge in [-0.05, 0) is 43.2 Å². The Morgan fingerprint density at radius 2 is 1.89 bits per heavy atom. The van der Waals surface area contributed by atoms with Crippen LogP contribution in [0.25, 0.3) is 0 Å². The lowest BCUT2D eigenvalue weighted by Gasteiger charge is -2.19. The van der Waals surface area contributed by atoms with Crippen molar-refractivity contribution in [2.24, 2.45) is 0 Å². The van der Waals surface area contributed by atoms with Crippen LogP contribution in [0.5, 0.6) is 0 Å². The number of hydrogen-bond acceptors (Lipinski definition) is 1. The number of anilines is 1. The lowest BCUT2D eigenvalue weighted by Crippen LogP contribution is -2.08. The monoisotopic (exact) mass is 297 g/mol. The highest BCUT2D eigenvalue weighted by atomic mass is 35.5. The highest BCUT2D eigenvalue weighted by Crippen LogP contribution is 2.32. The summed E-state index contributed by atoms with van der Waals surface area (Å²) in [6.45, 7) is 3.88. The summed E-state index contributed by atoms with van der Waals surface area (Å²) in [5, 5.41) is 4.30. The first-order chi connectivity index (χ1) is 8.99. The van der Waals surface area contributed by atoms with Gasteiger partial charge in [0.15, 0.2) is 0 Å². The van der Waals surface area contributed by atoms with E-state index >= 15 is 0 Å². The zero-order chi connectivity index (χ0) is 14.0. The molecule has 0 spiro atoms. The second-order valence-corrected chi connectivity index (χ2v) is 5.25. The van der Waals surface area contributed by atoms with E-state index in [1.54, 1.807) is 12.1 Å². The Hall–Kier alpha value is -1.25. The van der Waals surface area contributed by atoms with Crippen LogP contribution < -0.4 is 5.32 Å². The van der Waals surface area contributed by atoms with E-state index in [4.69, 9.17) is 23.2 Å². The third-order valence-corrected chi connectivity index (χ3v) is 3.85. The molecule has 1 unspecified atom stereocenters. The molecule has 0 fully saturated rings. The normalized spacial score (nSPS) is 12.3. The van der Waals surface area contributed by atoms with Crippen molar-refractivity contribution >= 4 is 28.9 Å². The molecule has 0 aliphatic rings. The van der Waals surface area contributed by atoms with Crippen molar-refractivity contribution in [1.29, 1.82) is 0 Å². The van der Waals surface area contributed by atoms with Crippen molar-refractivity contribution in [3.8, 4) is 0 Å². The molecular formula is C15H14Cl2FN. The van der Waals surface area contributed by atoms with Gasteiger partial charge in [-0.2, -0.15) is 0 Å². The molecule has 0 aromatic heterocycles. The average Bonchev–Trinajstić information content (AvgIpc) is 2.37. The van der Waals surface area contributed by atoms with E-state index in [9.17, 15) is 4.39 Å². The lowest BCUT2D eigenvalue weighted by atomic mass is 10.1. The van der Waals surface area contributed by atoms with Crippen LogP contribution in [0.1, 0.15) is 24.1 Å². The van der Waals surface area contributed by atoms with Crippen LogP contribution in [0.2, 0.25) is 10.0 Å². The van der Waals surface area contributed by atoms with Gasteiger partial charge in [0.25, 0.3) is 0 Å². The Balaban J connectivity index is 2.28. The zero-order valence-corrected chi connectivity index (χ0v) is 12.2. The molecule has 0 aliphatic carbocycles. The largest absolute Gasteiger partial charge is 0.378 e. The molecule has 1 N–H and O–H groups in total. The summed E-state index contributed by atoms with van der Waals surface area (Å²) in [5.41, 5.74) is 2.62. The third-order valence-electron chi connectivity index (χ3n) is 3.02. The molecule has 1 nitrogen and oxygen atoms in total. The van der Waals surface area contributed by atoms with Gasteiger partial charge in [0.1, 0.15) is 5.82 Å². The number of aryl methyl sites for hydroxylation is 1. The summed E-state index contributed by atoms with van der Waals surface area (Å²) in [4.78, 5) is 0. The molecule has 19 heavy (non-hydrogen) atoms. The van der Waals surface area contributed by atoms with Crippen molar-refractivity contribution in [3.63, 3.8) is 0 Å². The van der Waals surface area contributed by atoms with Gasteiger partial charge in [0.05, 0.1) is 16.1 Å². The van der Waals surface area contributed by atoms with Gasteiger partial charge in [0, 0.05) is 5.69 Å². The summed E-state index contributed by atoms with van der Waals surface area (Å²) < 4.78 is 13.3. The molecule has 2 aromatic carbocycles. The fraction of sp³-hybridized carbons (Fsp3) is 0.200. The molecular weight excluding hydrogens is 284 g/mol. The third kappa shape index (κ3) is 3.20. The summed E-state index contributed by atoms with van der Waals surface area (Å²) in [7, 11) is 0. The second-order valence-electron chi connectivity index (χ2n) is 4.47. The predicted molar refractivity (Wildman–Crippen MR) is 79.6 cm³/mol. The maximum absolute atomic E-state index is 13.3. The Bertz CT molecular complexity index is 599. The molecule has 0 amide bonds. The molecule has 0 bridgehead atoms. The second kappa shape index (κ2) is 5.81. The standard InChI is InChI=1S/C15H14Cl2FN/c1-9-6-7-11(18)8-14(9)19-10(2)12-4-3-5-13(16)15(12)17/h3-8,10,19H,1-2H3. The highest BCUT2D eigenvalue weighted by molar-refractivity contribution is 6.42. The minimum absolute atomic E-state index is 0.0632. The van der Waals surface area contributed by atoms with Crippen LogP contribution >= 0.6 is 23.2 Å². The molecule has 1 atom stereocenters. The van der Waals surface area contributed by atoms with E-state index in [1.807, 2.05) is 26.0 Å². The Morgan fingerprint density at radius 3 is 2.63 bits per heavy atom. The van der Waals surface area contributed by atoms with Crippen LogP contribution in [-0.4, -0.2) is 0 Å². The van der Waals surface area contributed by atoms with Gasteiger partial charge in [-0.1, -0.05) is 41.4 Å². The van der Waals surface area contributed by atoms with Crippen molar-refractivity contribution in [2.45, 2.75) is 19.9 Å². The van der Waals surface area contributed by atoms with Crippen LogP contribution in [0, 0.1) is 12.7 Å². The molecule has 2 aromatic rings. The molecule has 2 rings (SSSR count). The average molecular weight is 298 g/mol. The predicted octanol–water partition coefficient (Wildman–Crippen LogP) is 5.61. The zero-order valence-electron chi connectivity index (χ0n) is 10.7. The van der Waals surface area contributed by atoms with Gasteiger partial charge in [0.2, 0.25) is 0 Å². The van der Waals surface area contributed by atoms with Gasteiger partial charge >= 0.3 is 0 Å². The number of rotatable bonds is 3. The molecule has 100 valence electrons. The minimum atomic E-state index is -0.266. The molecule has 0 radical (unpaired) electrons. The summed E-state index contributed by atoms with van der Waals surface area (Å²) >= 11 is 12.2. The molecule has 0 aliphatic heterocycles. The van der Waals surface area contributed by atoms with Crippen molar-refractivity contribution in [2.75, 3.05) is 5.32 Å². The maximum Gasteiger partial charge on any atom is 0.125 e. The molecule has 0 saturated carbocycles. The SMILES string of the molecule is Cc1ccc(F)cc1NC(C)c1cccc(Cl)c1Cl. The Morgan fingerprint density at radius 1 is 1.16 bits per heavy atom. The van der Waals surface area contributed by atoms with E-state index in [1.165, 1.54) is 12.1 Å². The van der Waals surface area contributed by atoms with Gasteiger partial charge < -0.3 is 5.32 Å².